The third kappa shape index (κ3) is 5.16. The third-order valence-corrected chi connectivity index (χ3v) is 7.92. The summed E-state index contributed by atoms with van der Waals surface area (Å²) in [7, 11) is -2.47. The highest BCUT2D eigenvalue weighted by Crippen LogP contribution is 2.34. The first kappa shape index (κ1) is 23.7. The van der Waals surface area contributed by atoms with Gasteiger partial charge >= 0.3 is 10.1 Å². The molecule has 0 amide bonds. The van der Waals surface area contributed by atoms with Crippen molar-refractivity contribution in [1.82, 2.24) is 9.38 Å². The van der Waals surface area contributed by atoms with Crippen LogP contribution in [0.2, 0.25) is 0 Å². The van der Waals surface area contributed by atoms with Crippen LogP contribution in [0.25, 0.3) is 16.9 Å². The van der Waals surface area contributed by atoms with Gasteiger partial charge in [0.15, 0.2) is 0 Å². The van der Waals surface area contributed by atoms with Crippen LogP contribution >= 0.6 is 15.9 Å². The van der Waals surface area contributed by atoms with Gasteiger partial charge in [0.2, 0.25) is 0 Å². The van der Waals surface area contributed by atoms with Crippen molar-refractivity contribution in [2.45, 2.75) is 43.0 Å². The fraction of sp³-hybridized carbons (Fsp3) is 0.269. The lowest BCUT2D eigenvalue weighted by molar-refractivity contribution is 0.414. The molecule has 35 heavy (non-hydrogen) atoms. The zero-order chi connectivity index (χ0) is 24.4. The van der Waals surface area contributed by atoms with Crippen LogP contribution in [0.3, 0.4) is 0 Å². The van der Waals surface area contributed by atoms with E-state index in [1.165, 1.54) is 38.5 Å². The van der Waals surface area contributed by atoms with E-state index >= 15 is 0 Å². The lowest BCUT2D eigenvalue weighted by Gasteiger charge is -2.24. The summed E-state index contributed by atoms with van der Waals surface area (Å²) >= 11 is 3.56. The van der Waals surface area contributed by atoms with E-state index in [4.69, 9.17) is 13.9 Å². The standard InChI is InChI=1S/C26H26BrN3O4S/c1-33-21-11-13-23(14-12-21)35(31,32)34-22-9-5-6-18(16-22)25-26(28-20-7-3-2-4-8-20)30-17-19(27)10-15-24(30)29-25/h5-6,9-17,20,28H,2-4,7-8H2,1H3. The van der Waals surface area contributed by atoms with Gasteiger partial charge in [-0.25, -0.2) is 4.98 Å². The number of benzene rings is 2. The molecule has 1 aliphatic carbocycles. The van der Waals surface area contributed by atoms with Crippen molar-refractivity contribution in [2.75, 3.05) is 12.4 Å². The Morgan fingerprint density at radius 3 is 2.51 bits per heavy atom. The number of halogens is 1. The summed E-state index contributed by atoms with van der Waals surface area (Å²) in [5, 5.41) is 3.71. The molecule has 0 unspecified atom stereocenters. The topological polar surface area (TPSA) is 81.9 Å². The molecule has 1 aliphatic rings. The Bertz CT molecular complexity index is 1450. The molecule has 1 fully saturated rings. The molecule has 2 heterocycles. The van der Waals surface area contributed by atoms with Gasteiger partial charge in [-0.15, -0.1) is 0 Å². The summed E-state index contributed by atoms with van der Waals surface area (Å²) in [5.41, 5.74) is 2.32. The minimum atomic E-state index is -4.00. The van der Waals surface area contributed by atoms with Crippen LogP contribution in [0.5, 0.6) is 11.5 Å². The third-order valence-electron chi connectivity index (χ3n) is 6.19. The van der Waals surface area contributed by atoms with Gasteiger partial charge in [-0.2, -0.15) is 8.42 Å². The molecule has 2 aromatic heterocycles. The number of imidazole rings is 1. The van der Waals surface area contributed by atoms with E-state index in [2.05, 4.69) is 21.2 Å². The molecule has 1 saturated carbocycles. The Morgan fingerprint density at radius 2 is 1.77 bits per heavy atom. The van der Waals surface area contributed by atoms with Crippen molar-refractivity contribution in [3.8, 4) is 22.8 Å². The maximum Gasteiger partial charge on any atom is 0.339 e. The lowest BCUT2D eigenvalue weighted by Crippen LogP contribution is -2.23. The molecule has 2 aromatic carbocycles. The Kier molecular flexibility index (Phi) is 6.71. The van der Waals surface area contributed by atoms with E-state index in [-0.39, 0.29) is 10.6 Å². The van der Waals surface area contributed by atoms with Crippen molar-refractivity contribution >= 4 is 37.5 Å². The largest absolute Gasteiger partial charge is 0.497 e. The summed E-state index contributed by atoms with van der Waals surface area (Å²) in [6, 6.07) is 17.4. The van der Waals surface area contributed by atoms with Crippen molar-refractivity contribution < 1.29 is 17.3 Å². The van der Waals surface area contributed by atoms with Gasteiger partial charge in [-0.05, 0) is 77.3 Å². The minimum Gasteiger partial charge on any atom is -0.497 e. The molecule has 5 rings (SSSR count). The van der Waals surface area contributed by atoms with Gasteiger partial charge in [0.05, 0.1) is 7.11 Å². The normalized spacial score (nSPS) is 14.7. The molecule has 9 heteroatoms. The van der Waals surface area contributed by atoms with Crippen molar-refractivity contribution in [1.29, 1.82) is 0 Å². The van der Waals surface area contributed by atoms with Gasteiger partial charge in [0.25, 0.3) is 0 Å². The summed E-state index contributed by atoms with van der Waals surface area (Å²) in [4.78, 5) is 4.92. The summed E-state index contributed by atoms with van der Waals surface area (Å²) < 4.78 is 39.3. The van der Waals surface area contributed by atoms with Crippen LogP contribution < -0.4 is 14.2 Å². The fourth-order valence-corrected chi connectivity index (χ4v) is 5.67. The summed E-state index contributed by atoms with van der Waals surface area (Å²) in [5.74, 6) is 1.69. The average Bonchev–Trinajstić information content (AvgIpc) is 3.22. The number of fused-ring (bicyclic) bond motifs is 1. The van der Waals surface area contributed by atoms with Crippen molar-refractivity contribution in [3.63, 3.8) is 0 Å². The second-order valence-electron chi connectivity index (χ2n) is 8.60. The second-order valence-corrected chi connectivity index (χ2v) is 11.1. The van der Waals surface area contributed by atoms with Gasteiger partial charge in [-0.3, -0.25) is 4.40 Å². The van der Waals surface area contributed by atoms with Crippen molar-refractivity contribution in [3.05, 3.63) is 71.3 Å². The van der Waals surface area contributed by atoms with Crippen LogP contribution in [0.1, 0.15) is 32.1 Å². The number of aromatic nitrogens is 2. The predicted molar refractivity (Wildman–Crippen MR) is 140 cm³/mol. The first-order chi connectivity index (χ1) is 16.9. The predicted octanol–water partition coefficient (Wildman–Crippen LogP) is 6.28. The highest BCUT2D eigenvalue weighted by molar-refractivity contribution is 9.10. The van der Waals surface area contributed by atoms with Gasteiger partial charge in [0, 0.05) is 22.3 Å². The molecule has 0 atom stereocenters. The molecule has 7 nitrogen and oxygen atoms in total. The van der Waals surface area contributed by atoms with Crippen LogP contribution in [0.15, 0.2) is 76.2 Å². The van der Waals surface area contributed by atoms with E-state index in [1.54, 1.807) is 30.3 Å². The maximum atomic E-state index is 12.9. The zero-order valence-electron chi connectivity index (χ0n) is 19.3. The molecule has 182 valence electrons. The number of methoxy groups -OCH3 is 1. The number of rotatable bonds is 7. The molecule has 4 aromatic rings. The first-order valence-electron chi connectivity index (χ1n) is 11.6. The lowest BCUT2D eigenvalue weighted by atomic mass is 9.95. The summed E-state index contributed by atoms with van der Waals surface area (Å²) in [6.45, 7) is 0. The molecular weight excluding hydrogens is 530 g/mol. The zero-order valence-corrected chi connectivity index (χ0v) is 21.7. The van der Waals surface area contributed by atoms with Crippen molar-refractivity contribution in [2.24, 2.45) is 0 Å². The highest BCUT2D eigenvalue weighted by atomic mass is 79.9. The van der Waals surface area contributed by atoms with Gasteiger partial charge in [0.1, 0.15) is 33.6 Å². The van der Waals surface area contributed by atoms with E-state index in [9.17, 15) is 8.42 Å². The molecule has 0 bridgehead atoms. The maximum absolute atomic E-state index is 12.9. The Balaban J connectivity index is 1.50. The number of ether oxygens (including phenoxy) is 1. The van der Waals surface area contributed by atoms with E-state index in [0.29, 0.717) is 11.8 Å². The smallest absolute Gasteiger partial charge is 0.339 e. The summed E-state index contributed by atoms with van der Waals surface area (Å²) in [6.07, 6.45) is 7.91. The number of hydrogen-bond acceptors (Lipinski definition) is 6. The van der Waals surface area contributed by atoms with Crippen LogP contribution in [-0.2, 0) is 10.1 Å². The number of anilines is 1. The number of pyridine rings is 1. The van der Waals surface area contributed by atoms with Gasteiger partial charge in [-0.1, -0.05) is 31.4 Å². The molecule has 1 N–H and O–H groups in total. The average molecular weight is 556 g/mol. The van der Waals surface area contributed by atoms with Crippen LogP contribution in [0, 0.1) is 0 Å². The van der Waals surface area contributed by atoms with E-state index in [0.717, 1.165) is 40.0 Å². The molecule has 0 spiro atoms. The SMILES string of the molecule is COc1ccc(S(=O)(=O)Oc2cccc(-c3nc4ccc(Br)cn4c3NC3CCCCC3)c2)cc1. The van der Waals surface area contributed by atoms with Crippen LogP contribution in [-0.4, -0.2) is 31.0 Å². The monoisotopic (exact) mass is 555 g/mol. The Labute approximate surface area is 213 Å². The quantitative estimate of drug-likeness (QED) is 0.270. The molecular formula is C26H26BrN3O4S. The molecule has 0 saturated heterocycles. The highest BCUT2D eigenvalue weighted by Gasteiger charge is 2.21. The second kappa shape index (κ2) is 9.91. The molecule has 0 radical (unpaired) electrons. The Morgan fingerprint density at radius 1 is 1.00 bits per heavy atom. The van der Waals surface area contributed by atoms with Gasteiger partial charge < -0.3 is 14.2 Å². The first-order valence-corrected chi connectivity index (χ1v) is 13.8. The van der Waals surface area contributed by atoms with E-state index in [1.807, 2.05) is 28.8 Å². The minimum absolute atomic E-state index is 0.0564. The number of nitrogens with one attached hydrogen (secondary N) is 1. The fourth-order valence-electron chi connectivity index (χ4n) is 4.41. The Hall–Kier alpha value is -3.04. The number of hydrogen-bond donors (Lipinski definition) is 1. The van der Waals surface area contributed by atoms with E-state index < -0.39 is 10.1 Å². The number of nitrogens with zero attached hydrogens (tertiary/aromatic N) is 2. The van der Waals surface area contributed by atoms with Crippen LogP contribution in [0.4, 0.5) is 5.82 Å². The molecule has 0 aliphatic heterocycles.